The number of carbonyl (C=O) groups is 1. The van der Waals surface area contributed by atoms with Crippen molar-refractivity contribution < 1.29 is 4.79 Å². The van der Waals surface area contributed by atoms with Crippen molar-refractivity contribution >= 4 is 40.2 Å². The quantitative estimate of drug-likeness (QED) is 0.807. The zero-order valence-corrected chi connectivity index (χ0v) is 11.3. The van der Waals surface area contributed by atoms with Crippen molar-refractivity contribution in [2.75, 3.05) is 5.32 Å². The highest BCUT2D eigenvalue weighted by Gasteiger charge is 2.09. The van der Waals surface area contributed by atoms with Gasteiger partial charge in [-0.05, 0) is 40.2 Å². The van der Waals surface area contributed by atoms with Crippen molar-refractivity contribution in [1.29, 1.82) is 0 Å². The summed E-state index contributed by atoms with van der Waals surface area (Å²) in [5.41, 5.74) is 1.31. The summed E-state index contributed by atoms with van der Waals surface area (Å²) in [6.07, 6.45) is 0. The van der Waals surface area contributed by atoms with Gasteiger partial charge in [-0.1, -0.05) is 24.3 Å². The number of carbonyl (C=O) groups excluding carboxylic acids is 1. The van der Waals surface area contributed by atoms with Gasteiger partial charge in [-0.25, -0.2) is 0 Å². The number of para-hydroxylation sites is 1. The molecule has 0 aliphatic heterocycles. The van der Waals surface area contributed by atoms with Gasteiger partial charge < -0.3 is 5.32 Å². The third-order valence-electron chi connectivity index (χ3n) is 2.27. The summed E-state index contributed by atoms with van der Waals surface area (Å²) in [5, 5.41) is 2.83. The fourth-order valence-electron chi connectivity index (χ4n) is 1.42. The van der Waals surface area contributed by atoms with Crippen LogP contribution in [0.4, 0.5) is 5.69 Å². The molecule has 4 heteroatoms. The Labute approximate surface area is 114 Å². The molecule has 0 bridgehead atoms. The predicted octanol–water partition coefficient (Wildman–Crippen LogP) is 3.99. The Morgan fingerprint density at radius 3 is 2.41 bits per heavy atom. The summed E-state index contributed by atoms with van der Waals surface area (Å²) in [4.78, 5) is 12.7. The molecule has 2 aromatic rings. The first-order chi connectivity index (χ1) is 8.18. The van der Waals surface area contributed by atoms with E-state index in [1.807, 2.05) is 36.4 Å². The second kappa shape index (κ2) is 5.38. The lowest BCUT2D eigenvalue weighted by Gasteiger charge is -2.08. The van der Waals surface area contributed by atoms with Crippen LogP contribution in [0.3, 0.4) is 0 Å². The molecular weight excluding hydrogens is 298 g/mol. The Balaban J connectivity index is 2.24. The van der Waals surface area contributed by atoms with Gasteiger partial charge in [-0.15, -0.1) is 12.6 Å². The van der Waals surface area contributed by atoms with Crippen molar-refractivity contribution in [1.82, 2.24) is 0 Å². The molecule has 0 spiro atoms. The molecule has 2 aromatic carbocycles. The van der Waals surface area contributed by atoms with Gasteiger partial charge in [-0.2, -0.15) is 0 Å². The largest absolute Gasteiger partial charge is 0.321 e. The maximum atomic E-state index is 12.0. The molecule has 0 unspecified atom stereocenters. The highest BCUT2D eigenvalue weighted by Crippen LogP contribution is 2.22. The lowest BCUT2D eigenvalue weighted by atomic mass is 10.2. The number of anilines is 1. The highest BCUT2D eigenvalue weighted by molar-refractivity contribution is 9.10. The Morgan fingerprint density at radius 2 is 1.71 bits per heavy atom. The van der Waals surface area contributed by atoms with E-state index in [-0.39, 0.29) is 5.91 Å². The number of nitrogens with one attached hydrogen (secondary N) is 1. The van der Waals surface area contributed by atoms with Gasteiger partial charge in [0.15, 0.2) is 0 Å². The van der Waals surface area contributed by atoms with E-state index in [4.69, 9.17) is 0 Å². The standard InChI is InChI=1S/C13H10BrNOS/c14-10-6-2-3-7-11(10)15-13(16)9-5-1-4-8-12(9)17/h1-8,17H,(H,15,16). The van der Waals surface area contributed by atoms with E-state index < -0.39 is 0 Å². The van der Waals surface area contributed by atoms with Crippen LogP contribution in [0.2, 0.25) is 0 Å². The topological polar surface area (TPSA) is 29.1 Å². The minimum atomic E-state index is -0.164. The number of amides is 1. The van der Waals surface area contributed by atoms with Crippen LogP contribution in [0, 0.1) is 0 Å². The SMILES string of the molecule is O=C(Nc1ccccc1Br)c1ccccc1S. The zero-order valence-electron chi connectivity index (χ0n) is 8.85. The molecule has 1 N–H and O–H groups in total. The fraction of sp³-hybridized carbons (Fsp3) is 0. The Bertz CT molecular complexity index is 557. The molecule has 0 saturated carbocycles. The molecular formula is C13H10BrNOS. The summed E-state index contributed by atoms with van der Waals surface area (Å²) in [6, 6.07) is 14.7. The Hall–Kier alpha value is -1.26. The van der Waals surface area contributed by atoms with Crippen molar-refractivity contribution in [3.05, 3.63) is 58.6 Å². The molecule has 0 aromatic heterocycles. The third-order valence-corrected chi connectivity index (χ3v) is 3.35. The molecule has 0 heterocycles. The molecule has 0 aliphatic rings. The van der Waals surface area contributed by atoms with Crippen molar-refractivity contribution in [3.8, 4) is 0 Å². The van der Waals surface area contributed by atoms with Gasteiger partial charge in [-0.3, -0.25) is 4.79 Å². The first kappa shape index (κ1) is 12.2. The van der Waals surface area contributed by atoms with Crippen LogP contribution in [0.1, 0.15) is 10.4 Å². The van der Waals surface area contributed by atoms with Crippen molar-refractivity contribution in [2.45, 2.75) is 4.90 Å². The average molecular weight is 308 g/mol. The van der Waals surface area contributed by atoms with E-state index in [2.05, 4.69) is 33.9 Å². The third kappa shape index (κ3) is 2.90. The minimum Gasteiger partial charge on any atom is -0.321 e. The monoisotopic (exact) mass is 307 g/mol. The van der Waals surface area contributed by atoms with Crippen molar-refractivity contribution in [2.24, 2.45) is 0 Å². The molecule has 0 fully saturated rings. The molecule has 1 amide bonds. The second-order valence-electron chi connectivity index (χ2n) is 3.45. The van der Waals surface area contributed by atoms with Crippen LogP contribution in [-0.2, 0) is 0 Å². The van der Waals surface area contributed by atoms with E-state index in [1.165, 1.54) is 0 Å². The van der Waals surface area contributed by atoms with Gasteiger partial charge in [0.25, 0.3) is 5.91 Å². The zero-order chi connectivity index (χ0) is 12.3. The first-order valence-electron chi connectivity index (χ1n) is 5.02. The van der Waals surface area contributed by atoms with E-state index in [9.17, 15) is 4.79 Å². The number of rotatable bonds is 2. The number of benzene rings is 2. The summed E-state index contributed by atoms with van der Waals surface area (Å²) >= 11 is 7.64. The average Bonchev–Trinajstić information content (AvgIpc) is 2.32. The predicted molar refractivity (Wildman–Crippen MR) is 75.8 cm³/mol. The van der Waals surface area contributed by atoms with Gasteiger partial charge in [0.2, 0.25) is 0 Å². The molecule has 86 valence electrons. The maximum Gasteiger partial charge on any atom is 0.256 e. The molecule has 0 aliphatic carbocycles. The van der Waals surface area contributed by atoms with Gasteiger partial charge in [0, 0.05) is 9.37 Å². The van der Waals surface area contributed by atoms with E-state index in [0.717, 1.165) is 10.2 Å². The van der Waals surface area contributed by atoms with Crippen LogP contribution in [0.5, 0.6) is 0 Å². The lowest BCUT2D eigenvalue weighted by Crippen LogP contribution is -2.12. The van der Waals surface area contributed by atoms with Crippen molar-refractivity contribution in [3.63, 3.8) is 0 Å². The van der Waals surface area contributed by atoms with Gasteiger partial charge in [0.05, 0.1) is 11.3 Å². The Kier molecular flexibility index (Phi) is 3.86. The minimum absolute atomic E-state index is 0.164. The van der Waals surface area contributed by atoms with E-state index in [1.54, 1.807) is 12.1 Å². The molecule has 0 atom stereocenters. The summed E-state index contributed by atoms with van der Waals surface area (Å²) in [5.74, 6) is -0.164. The lowest BCUT2D eigenvalue weighted by molar-refractivity contribution is 0.102. The molecule has 17 heavy (non-hydrogen) atoms. The molecule has 2 rings (SSSR count). The highest BCUT2D eigenvalue weighted by atomic mass is 79.9. The number of hydrogen-bond donors (Lipinski definition) is 2. The molecule has 0 saturated heterocycles. The van der Waals surface area contributed by atoms with E-state index >= 15 is 0 Å². The van der Waals surface area contributed by atoms with E-state index in [0.29, 0.717) is 10.5 Å². The van der Waals surface area contributed by atoms with Crippen LogP contribution in [0.25, 0.3) is 0 Å². The second-order valence-corrected chi connectivity index (χ2v) is 4.79. The van der Waals surface area contributed by atoms with Gasteiger partial charge >= 0.3 is 0 Å². The smallest absolute Gasteiger partial charge is 0.256 e. The maximum absolute atomic E-state index is 12.0. The van der Waals surface area contributed by atoms with Gasteiger partial charge in [0.1, 0.15) is 0 Å². The summed E-state index contributed by atoms with van der Waals surface area (Å²) in [6.45, 7) is 0. The summed E-state index contributed by atoms with van der Waals surface area (Å²) < 4.78 is 0.852. The number of hydrogen-bond acceptors (Lipinski definition) is 2. The number of thiol groups is 1. The van der Waals surface area contributed by atoms with Crippen LogP contribution in [0.15, 0.2) is 57.9 Å². The molecule has 0 radical (unpaired) electrons. The number of halogens is 1. The van der Waals surface area contributed by atoms with Crippen LogP contribution in [-0.4, -0.2) is 5.91 Å². The summed E-state index contributed by atoms with van der Waals surface area (Å²) in [7, 11) is 0. The van der Waals surface area contributed by atoms with Crippen LogP contribution >= 0.6 is 28.6 Å². The normalized spacial score (nSPS) is 10.0. The fourth-order valence-corrected chi connectivity index (χ4v) is 2.06. The Morgan fingerprint density at radius 1 is 1.06 bits per heavy atom. The molecule has 2 nitrogen and oxygen atoms in total. The first-order valence-corrected chi connectivity index (χ1v) is 6.26. The van der Waals surface area contributed by atoms with Crippen LogP contribution < -0.4 is 5.32 Å².